The molecule has 0 N–H and O–H groups in total. The zero-order valence-corrected chi connectivity index (χ0v) is 13.0. The second-order valence-corrected chi connectivity index (χ2v) is 6.16. The van der Waals surface area contributed by atoms with E-state index in [0.717, 1.165) is 52.4 Å². The van der Waals surface area contributed by atoms with Crippen molar-refractivity contribution in [3.8, 4) is 0 Å². The van der Waals surface area contributed by atoms with Crippen LogP contribution in [0.4, 0.5) is 0 Å². The highest BCUT2D eigenvalue weighted by molar-refractivity contribution is 5.78. The van der Waals surface area contributed by atoms with Crippen molar-refractivity contribution in [1.82, 2.24) is 9.80 Å². The quantitative estimate of drug-likeness (QED) is 0.767. The molecule has 2 fully saturated rings. The second-order valence-electron chi connectivity index (χ2n) is 6.16. The van der Waals surface area contributed by atoms with Crippen LogP contribution in [0, 0.1) is 11.8 Å². The Kier molecular flexibility index (Phi) is 5.81. The predicted octanol–water partition coefficient (Wildman–Crippen LogP) is 0.838. The molecule has 2 atom stereocenters. The summed E-state index contributed by atoms with van der Waals surface area (Å²) >= 11 is 0. The van der Waals surface area contributed by atoms with Gasteiger partial charge in [-0.2, -0.15) is 0 Å². The first-order valence-electron chi connectivity index (χ1n) is 7.73. The number of carbonyl (C=O) groups excluding carboxylic acids is 1. The minimum atomic E-state index is 0.0843. The number of likely N-dealkylation sites (tertiary alicyclic amines) is 1. The van der Waals surface area contributed by atoms with E-state index in [0.29, 0.717) is 12.0 Å². The van der Waals surface area contributed by atoms with Crippen molar-refractivity contribution in [1.29, 1.82) is 0 Å². The summed E-state index contributed by atoms with van der Waals surface area (Å²) in [4.78, 5) is 16.7. The van der Waals surface area contributed by atoms with Crippen LogP contribution in [0.5, 0.6) is 0 Å². The minimum Gasteiger partial charge on any atom is -0.383 e. The van der Waals surface area contributed by atoms with Gasteiger partial charge >= 0.3 is 0 Å². The Morgan fingerprint density at radius 2 is 2.20 bits per heavy atom. The van der Waals surface area contributed by atoms with Crippen LogP contribution >= 0.6 is 0 Å². The molecule has 2 saturated heterocycles. The lowest BCUT2D eigenvalue weighted by Gasteiger charge is -2.43. The highest BCUT2D eigenvalue weighted by atomic mass is 16.5. The first kappa shape index (κ1) is 15.7. The molecule has 2 rings (SSSR count). The summed E-state index contributed by atoms with van der Waals surface area (Å²) in [6.07, 6.45) is 1.05. The Balaban J connectivity index is 2.03. The third-order valence-electron chi connectivity index (χ3n) is 4.43. The standard InChI is InChI=1S/C15H28N2O3/c1-12(2)15(18)17-5-4-13-11-20-9-7-16(6-8-19-3)14(13)10-17/h12-14H,4-11H2,1-3H3/t13-,14-/m1/s1. The summed E-state index contributed by atoms with van der Waals surface area (Å²) < 4.78 is 10.9. The van der Waals surface area contributed by atoms with Crippen LogP contribution in [0.15, 0.2) is 0 Å². The van der Waals surface area contributed by atoms with Crippen LogP contribution < -0.4 is 0 Å². The van der Waals surface area contributed by atoms with Gasteiger partial charge in [-0.1, -0.05) is 13.8 Å². The molecule has 1 amide bonds. The molecule has 20 heavy (non-hydrogen) atoms. The number of ether oxygens (including phenoxy) is 2. The topological polar surface area (TPSA) is 42.0 Å². The van der Waals surface area contributed by atoms with Gasteiger partial charge in [-0.15, -0.1) is 0 Å². The zero-order valence-electron chi connectivity index (χ0n) is 13.0. The van der Waals surface area contributed by atoms with Gasteiger partial charge in [-0.05, 0) is 6.42 Å². The van der Waals surface area contributed by atoms with Crippen LogP contribution in [0.3, 0.4) is 0 Å². The fraction of sp³-hybridized carbons (Fsp3) is 0.933. The fourth-order valence-corrected chi connectivity index (χ4v) is 3.22. The highest BCUT2D eigenvalue weighted by Crippen LogP contribution is 2.25. The molecule has 5 heteroatoms. The van der Waals surface area contributed by atoms with Crippen LogP contribution in [0.25, 0.3) is 0 Å². The van der Waals surface area contributed by atoms with Crippen molar-refractivity contribution in [3.63, 3.8) is 0 Å². The van der Waals surface area contributed by atoms with E-state index < -0.39 is 0 Å². The van der Waals surface area contributed by atoms with Crippen molar-refractivity contribution in [3.05, 3.63) is 0 Å². The van der Waals surface area contributed by atoms with Gasteiger partial charge in [0.1, 0.15) is 0 Å². The fourth-order valence-electron chi connectivity index (χ4n) is 3.22. The van der Waals surface area contributed by atoms with E-state index in [2.05, 4.69) is 4.90 Å². The molecule has 0 radical (unpaired) electrons. The maximum atomic E-state index is 12.2. The number of hydrogen-bond acceptors (Lipinski definition) is 4. The van der Waals surface area contributed by atoms with Crippen molar-refractivity contribution < 1.29 is 14.3 Å². The monoisotopic (exact) mass is 284 g/mol. The summed E-state index contributed by atoms with van der Waals surface area (Å²) in [7, 11) is 1.74. The molecule has 0 spiro atoms. The molecule has 0 saturated carbocycles. The minimum absolute atomic E-state index is 0.0843. The smallest absolute Gasteiger partial charge is 0.225 e. The van der Waals surface area contributed by atoms with Gasteiger partial charge in [-0.25, -0.2) is 0 Å². The van der Waals surface area contributed by atoms with Crippen LogP contribution in [-0.2, 0) is 14.3 Å². The third kappa shape index (κ3) is 3.71. The maximum absolute atomic E-state index is 12.2. The molecular formula is C15H28N2O3. The van der Waals surface area contributed by atoms with Crippen molar-refractivity contribution in [2.24, 2.45) is 11.8 Å². The summed E-state index contributed by atoms with van der Waals surface area (Å²) in [5.74, 6) is 0.909. The lowest BCUT2D eigenvalue weighted by Crippen LogP contribution is -2.55. The molecular weight excluding hydrogens is 256 g/mol. The Morgan fingerprint density at radius 3 is 2.90 bits per heavy atom. The molecule has 0 aromatic heterocycles. The van der Waals surface area contributed by atoms with Crippen LogP contribution in [0.2, 0.25) is 0 Å². The molecule has 0 bridgehead atoms. The number of hydrogen-bond donors (Lipinski definition) is 0. The third-order valence-corrected chi connectivity index (χ3v) is 4.43. The van der Waals surface area contributed by atoms with Crippen LogP contribution in [0.1, 0.15) is 20.3 Å². The molecule has 2 heterocycles. The number of methoxy groups -OCH3 is 1. The van der Waals surface area contributed by atoms with Crippen molar-refractivity contribution in [2.75, 3.05) is 53.1 Å². The number of nitrogens with zero attached hydrogens (tertiary/aromatic N) is 2. The average Bonchev–Trinajstić information content (AvgIpc) is 2.65. The first-order valence-corrected chi connectivity index (χ1v) is 7.73. The normalized spacial score (nSPS) is 28.3. The summed E-state index contributed by atoms with van der Waals surface area (Å²) in [6, 6.07) is 0.420. The molecule has 2 aliphatic rings. The Hall–Kier alpha value is -0.650. The largest absolute Gasteiger partial charge is 0.383 e. The number of amides is 1. The van der Waals surface area contributed by atoms with Crippen molar-refractivity contribution >= 4 is 5.91 Å². The van der Waals surface area contributed by atoms with E-state index in [1.165, 1.54) is 0 Å². The van der Waals surface area contributed by atoms with E-state index in [9.17, 15) is 4.79 Å². The van der Waals surface area contributed by atoms with Crippen LogP contribution in [-0.4, -0.2) is 74.9 Å². The van der Waals surface area contributed by atoms with E-state index in [4.69, 9.17) is 9.47 Å². The number of carbonyl (C=O) groups is 1. The Labute approximate surface area is 122 Å². The van der Waals surface area contributed by atoms with E-state index >= 15 is 0 Å². The van der Waals surface area contributed by atoms with Crippen molar-refractivity contribution in [2.45, 2.75) is 26.3 Å². The maximum Gasteiger partial charge on any atom is 0.225 e. The molecule has 0 aromatic carbocycles. The summed E-state index contributed by atoms with van der Waals surface area (Å²) in [6.45, 7) is 9.89. The summed E-state index contributed by atoms with van der Waals surface area (Å²) in [5.41, 5.74) is 0. The molecule has 5 nitrogen and oxygen atoms in total. The Morgan fingerprint density at radius 1 is 1.40 bits per heavy atom. The SMILES string of the molecule is COCCN1CCOC[C@H]2CCN(C(=O)C(C)C)C[C@H]21. The summed E-state index contributed by atoms with van der Waals surface area (Å²) in [5, 5.41) is 0. The molecule has 116 valence electrons. The van der Waals surface area contributed by atoms with Gasteiger partial charge in [0, 0.05) is 51.2 Å². The zero-order chi connectivity index (χ0) is 14.5. The van der Waals surface area contributed by atoms with Gasteiger partial charge < -0.3 is 14.4 Å². The van der Waals surface area contributed by atoms with E-state index in [1.54, 1.807) is 7.11 Å². The number of piperidine rings is 1. The lowest BCUT2D eigenvalue weighted by atomic mass is 9.90. The van der Waals surface area contributed by atoms with Gasteiger partial charge in [0.2, 0.25) is 5.91 Å². The predicted molar refractivity (Wildman–Crippen MR) is 77.6 cm³/mol. The molecule has 2 aliphatic heterocycles. The molecule has 0 unspecified atom stereocenters. The highest BCUT2D eigenvalue weighted by Gasteiger charge is 2.36. The van der Waals surface area contributed by atoms with Gasteiger partial charge in [0.15, 0.2) is 0 Å². The molecule has 0 aromatic rings. The lowest BCUT2D eigenvalue weighted by molar-refractivity contribution is -0.137. The number of rotatable bonds is 4. The van der Waals surface area contributed by atoms with Gasteiger partial charge in [0.05, 0.1) is 19.8 Å². The second kappa shape index (κ2) is 7.38. The first-order chi connectivity index (χ1) is 9.63. The average molecular weight is 284 g/mol. The van der Waals surface area contributed by atoms with Gasteiger partial charge in [0.25, 0.3) is 0 Å². The molecule has 0 aliphatic carbocycles. The van der Waals surface area contributed by atoms with Gasteiger partial charge in [-0.3, -0.25) is 9.69 Å². The Bertz CT molecular complexity index is 322. The van der Waals surface area contributed by atoms with E-state index in [1.807, 2.05) is 18.7 Å². The number of fused-ring (bicyclic) bond motifs is 1. The van der Waals surface area contributed by atoms with E-state index in [-0.39, 0.29) is 11.8 Å².